The number of carbonyl (C=O) groups excluding carboxylic acids is 1. The quantitative estimate of drug-likeness (QED) is 0.940. The summed E-state index contributed by atoms with van der Waals surface area (Å²) in [5, 5.41) is 8.18. The fourth-order valence-electron chi connectivity index (χ4n) is 3.79. The van der Waals surface area contributed by atoms with Crippen molar-refractivity contribution >= 4 is 16.9 Å². The average Bonchev–Trinajstić information content (AvgIpc) is 2.89. The van der Waals surface area contributed by atoms with Crippen molar-refractivity contribution in [2.24, 2.45) is 5.92 Å². The highest BCUT2D eigenvalue weighted by atomic mass is 16.5. The van der Waals surface area contributed by atoms with E-state index in [-0.39, 0.29) is 5.91 Å². The first kappa shape index (κ1) is 13.8. The number of nitrogens with one attached hydrogen (secondary N) is 1. The fourth-order valence-corrected chi connectivity index (χ4v) is 3.79. The summed E-state index contributed by atoms with van der Waals surface area (Å²) in [6, 6.07) is 6.18. The molecule has 2 aromatic rings. The van der Waals surface area contributed by atoms with Crippen LogP contribution in [-0.4, -0.2) is 41.6 Å². The summed E-state index contributed by atoms with van der Waals surface area (Å²) in [4.78, 5) is 14.8. The molecule has 0 saturated carbocycles. The van der Waals surface area contributed by atoms with Gasteiger partial charge in [-0.3, -0.25) is 4.79 Å². The van der Waals surface area contributed by atoms with Crippen LogP contribution in [0.15, 0.2) is 22.7 Å². The number of piperidine rings is 3. The van der Waals surface area contributed by atoms with Crippen LogP contribution in [0.25, 0.3) is 11.0 Å². The first-order valence-electron chi connectivity index (χ1n) is 8.06. The minimum absolute atomic E-state index is 0.118. The topological polar surface area (TPSA) is 58.4 Å². The van der Waals surface area contributed by atoms with Crippen LogP contribution in [0.2, 0.25) is 0 Å². The number of aromatic nitrogens is 1. The first-order valence-corrected chi connectivity index (χ1v) is 8.06. The molecule has 1 N–H and O–H groups in total. The van der Waals surface area contributed by atoms with Gasteiger partial charge < -0.3 is 14.7 Å². The predicted octanol–water partition coefficient (Wildman–Crippen LogP) is 1.89. The number of nitrogens with zero attached hydrogens (tertiary/aromatic N) is 2. The van der Waals surface area contributed by atoms with Gasteiger partial charge in [0.25, 0.3) is 0 Å². The molecule has 1 atom stereocenters. The lowest BCUT2D eigenvalue weighted by Gasteiger charge is -2.44. The molecule has 4 heterocycles. The number of carbonyl (C=O) groups is 1. The highest BCUT2D eigenvalue weighted by Gasteiger charge is 2.34. The van der Waals surface area contributed by atoms with E-state index in [0.717, 1.165) is 28.8 Å². The molecule has 116 valence electrons. The Hall–Kier alpha value is -1.88. The van der Waals surface area contributed by atoms with Crippen molar-refractivity contribution in [1.82, 2.24) is 15.4 Å². The van der Waals surface area contributed by atoms with Crippen LogP contribution in [0.3, 0.4) is 0 Å². The third-order valence-corrected chi connectivity index (χ3v) is 5.08. The van der Waals surface area contributed by atoms with Gasteiger partial charge in [0.1, 0.15) is 0 Å². The van der Waals surface area contributed by atoms with Crippen LogP contribution in [0, 0.1) is 12.8 Å². The maximum Gasteiger partial charge on any atom is 0.224 e. The Balaban J connectivity index is 1.43. The number of benzene rings is 1. The normalized spacial score (nSPS) is 27.2. The van der Waals surface area contributed by atoms with Gasteiger partial charge in [0.15, 0.2) is 5.58 Å². The van der Waals surface area contributed by atoms with Gasteiger partial charge in [0, 0.05) is 18.0 Å². The Kier molecular flexibility index (Phi) is 3.37. The lowest BCUT2D eigenvalue weighted by molar-refractivity contribution is -0.122. The summed E-state index contributed by atoms with van der Waals surface area (Å²) in [5.41, 5.74) is 2.66. The SMILES string of the molecule is Cc1noc2ccc(CC(=O)N[C@@H]3CN4CCC3CC4)cc12. The maximum atomic E-state index is 12.3. The minimum Gasteiger partial charge on any atom is -0.356 e. The molecule has 3 fully saturated rings. The second-order valence-corrected chi connectivity index (χ2v) is 6.59. The van der Waals surface area contributed by atoms with Gasteiger partial charge in [-0.25, -0.2) is 0 Å². The zero-order valence-electron chi connectivity index (χ0n) is 12.8. The Morgan fingerprint density at radius 3 is 2.95 bits per heavy atom. The number of hydrogen-bond donors (Lipinski definition) is 1. The van der Waals surface area contributed by atoms with Gasteiger partial charge in [0.2, 0.25) is 5.91 Å². The maximum absolute atomic E-state index is 12.3. The van der Waals surface area contributed by atoms with E-state index in [4.69, 9.17) is 4.52 Å². The highest BCUT2D eigenvalue weighted by Crippen LogP contribution is 2.27. The van der Waals surface area contributed by atoms with E-state index in [1.165, 1.54) is 25.9 Å². The summed E-state index contributed by atoms with van der Waals surface area (Å²) >= 11 is 0. The van der Waals surface area contributed by atoms with Gasteiger partial charge in [-0.1, -0.05) is 11.2 Å². The van der Waals surface area contributed by atoms with Crippen LogP contribution in [0.5, 0.6) is 0 Å². The van der Waals surface area contributed by atoms with Crippen LogP contribution >= 0.6 is 0 Å². The molecule has 3 aliphatic heterocycles. The van der Waals surface area contributed by atoms with Gasteiger partial charge >= 0.3 is 0 Å². The number of rotatable bonds is 3. The minimum atomic E-state index is 0.118. The number of amides is 1. The van der Waals surface area contributed by atoms with E-state index in [2.05, 4.69) is 15.4 Å². The fraction of sp³-hybridized carbons (Fsp3) is 0.529. The summed E-state index contributed by atoms with van der Waals surface area (Å²) in [7, 11) is 0. The number of fused-ring (bicyclic) bond motifs is 4. The lowest BCUT2D eigenvalue weighted by Crippen LogP contribution is -2.57. The molecule has 1 aromatic carbocycles. The molecule has 22 heavy (non-hydrogen) atoms. The zero-order chi connectivity index (χ0) is 15.1. The molecule has 3 saturated heterocycles. The van der Waals surface area contributed by atoms with E-state index >= 15 is 0 Å². The molecule has 0 unspecified atom stereocenters. The summed E-state index contributed by atoms with van der Waals surface area (Å²) in [5.74, 6) is 0.781. The van der Waals surface area contributed by atoms with Crippen molar-refractivity contribution in [3.63, 3.8) is 0 Å². The van der Waals surface area contributed by atoms with E-state index in [1.54, 1.807) is 0 Å². The third kappa shape index (κ3) is 2.50. The van der Waals surface area contributed by atoms with Crippen LogP contribution in [-0.2, 0) is 11.2 Å². The second kappa shape index (κ2) is 5.39. The first-order chi connectivity index (χ1) is 10.7. The van der Waals surface area contributed by atoms with Crippen molar-refractivity contribution in [3.8, 4) is 0 Å². The molecule has 3 aliphatic rings. The standard InChI is InChI=1S/C17H21N3O2/c1-11-14-8-12(2-3-16(14)22-19-11)9-17(21)18-15-10-20-6-4-13(15)5-7-20/h2-3,8,13,15H,4-7,9-10H2,1H3,(H,18,21)/t15-/m1/s1. The largest absolute Gasteiger partial charge is 0.356 e. The van der Waals surface area contributed by atoms with Crippen molar-refractivity contribution in [1.29, 1.82) is 0 Å². The summed E-state index contributed by atoms with van der Waals surface area (Å²) in [6.07, 6.45) is 2.86. The predicted molar refractivity (Wildman–Crippen MR) is 83.5 cm³/mol. The van der Waals surface area contributed by atoms with Gasteiger partial charge in [-0.05, 0) is 56.5 Å². The molecule has 1 aromatic heterocycles. The van der Waals surface area contributed by atoms with Crippen molar-refractivity contribution in [2.75, 3.05) is 19.6 Å². The summed E-state index contributed by atoms with van der Waals surface area (Å²) < 4.78 is 5.21. The van der Waals surface area contributed by atoms with Crippen LogP contribution < -0.4 is 5.32 Å². The summed E-state index contributed by atoms with van der Waals surface area (Å²) in [6.45, 7) is 5.32. The Labute approximate surface area is 129 Å². The molecule has 0 radical (unpaired) electrons. The van der Waals surface area contributed by atoms with Crippen LogP contribution in [0.4, 0.5) is 0 Å². The van der Waals surface area contributed by atoms with Crippen LogP contribution in [0.1, 0.15) is 24.1 Å². The van der Waals surface area contributed by atoms with Gasteiger partial charge in [-0.2, -0.15) is 0 Å². The highest BCUT2D eigenvalue weighted by molar-refractivity contribution is 5.83. The third-order valence-electron chi connectivity index (χ3n) is 5.08. The molecule has 0 aliphatic carbocycles. The second-order valence-electron chi connectivity index (χ2n) is 6.59. The zero-order valence-corrected chi connectivity index (χ0v) is 12.8. The molecular formula is C17H21N3O2. The van der Waals surface area contributed by atoms with Gasteiger partial charge in [-0.15, -0.1) is 0 Å². The smallest absolute Gasteiger partial charge is 0.224 e. The average molecular weight is 299 g/mol. The number of aryl methyl sites for hydroxylation is 1. The van der Waals surface area contributed by atoms with Gasteiger partial charge in [0.05, 0.1) is 12.1 Å². The molecule has 2 bridgehead atoms. The Morgan fingerprint density at radius 1 is 1.41 bits per heavy atom. The molecular weight excluding hydrogens is 278 g/mol. The molecule has 5 heteroatoms. The van der Waals surface area contributed by atoms with E-state index in [0.29, 0.717) is 18.4 Å². The lowest BCUT2D eigenvalue weighted by atomic mass is 9.84. The van der Waals surface area contributed by atoms with E-state index in [1.807, 2.05) is 25.1 Å². The molecule has 5 nitrogen and oxygen atoms in total. The molecule has 5 rings (SSSR count). The van der Waals surface area contributed by atoms with Crippen molar-refractivity contribution in [2.45, 2.75) is 32.2 Å². The Morgan fingerprint density at radius 2 is 2.23 bits per heavy atom. The molecule has 1 amide bonds. The van der Waals surface area contributed by atoms with E-state index in [9.17, 15) is 4.79 Å². The number of hydrogen-bond acceptors (Lipinski definition) is 4. The van der Waals surface area contributed by atoms with Crippen molar-refractivity contribution in [3.05, 3.63) is 29.5 Å². The monoisotopic (exact) mass is 299 g/mol. The molecule has 0 spiro atoms. The van der Waals surface area contributed by atoms with Crippen molar-refractivity contribution < 1.29 is 9.32 Å². The van der Waals surface area contributed by atoms with E-state index < -0.39 is 0 Å². The Bertz CT molecular complexity index is 701.